The molecular formula is C26H23N5O3. The van der Waals surface area contributed by atoms with E-state index in [4.69, 9.17) is 5.73 Å². The third kappa shape index (κ3) is 3.79. The average Bonchev–Trinajstić information content (AvgIpc) is 3.41. The molecule has 0 bridgehead atoms. The molecule has 8 heteroatoms. The van der Waals surface area contributed by atoms with Crippen LogP contribution in [-0.4, -0.2) is 32.7 Å². The number of nitrogens with two attached hydrogens (primary N) is 1. The van der Waals surface area contributed by atoms with Crippen molar-refractivity contribution in [1.82, 2.24) is 14.3 Å². The van der Waals surface area contributed by atoms with Gasteiger partial charge in [-0.05, 0) is 59.5 Å². The van der Waals surface area contributed by atoms with Crippen LogP contribution in [0, 0.1) is 0 Å². The summed E-state index contributed by atoms with van der Waals surface area (Å²) in [6.45, 7) is 0.594. The summed E-state index contributed by atoms with van der Waals surface area (Å²) < 4.78 is 2.76. The molecule has 4 aromatic rings. The van der Waals surface area contributed by atoms with Crippen LogP contribution in [0.1, 0.15) is 28.3 Å². The van der Waals surface area contributed by atoms with Gasteiger partial charge in [0.25, 0.3) is 0 Å². The van der Waals surface area contributed by atoms with Crippen LogP contribution < -0.4 is 16.3 Å². The second-order valence-corrected chi connectivity index (χ2v) is 8.33. The Morgan fingerprint density at radius 2 is 1.71 bits per heavy atom. The van der Waals surface area contributed by atoms with Gasteiger partial charge in [-0.15, -0.1) is 0 Å². The number of aryl methyl sites for hydroxylation is 1. The highest BCUT2D eigenvalue weighted by Gasteiger charge is 2.34. The van der Waals surface area contributed by atoms with Crippen molar-refractivity contribution in [3.8, 4) is 16.8 Å². The van der Waals surface area contributed by atoms with Gasteiger partial charge in [0, 0.05) is 24.8 Å². The Morgan fingerprint density at radius 1 is 0.941 bits per heavy atom. The van der Waals surface area contributed by atoms with Crippen LogP contribution in [0.15, 0.2) is 83.9 Å². The Kier molecular flexibility index (Phi) is 5.33. The number of rotatable bonds is 5. The highest BCUT2D eigenvalue weighted by Crippen LogP contribution is 2.34. The van der Waals surface area contributed by atoms with E-state index in [0.717, 1.165) is 28.1 Å². The molecule has 0 aliphatic carbocycles. The van der Waals surface area contributed by atoms with Crippen molar-refractivity contribution in [1.29, 1.82) is 0 Å². The van der Waals surface area contributed by atoms with Crippen molar-refractivity contribution in [2.45, 2.75) is 12.3 Å². The summed E-state index contributed by atoms with van der Waals surface area (Å²) in [5, 5.41) is 3.98. The maximum atomic E-state index is 13.2. The third-order valence-corrected chi connectivity index (χ3v) is 6.24. The summed E-state index contributed by atoms with van der Waals surface area (Å²) in [6.07, 6.45) is 2.16. The molecule has 1 saturated heterocycles. The van der Waals surface area contributed by atoms with Gasteiger partial charge in [0.05, 0.1) is 11.6 Å². The molecule has 0 spiro atoms. The fraction of sp³-hybridized carbons (Fsp3) is 0.154. The summed E-state index contributed by atoms with van der Waals surface area (Å²) in [5.74, 6) is -0.804. The quantitative estimate of drug-likeness (QED) is 0.502. The summed E-state index contributed by atoms with van der Waals surface area (Å²) in [5.41, 5.74) is 9.90. The SMILES string of the molecule is Cn1ncn(-c2ccc(-c3cccc(N4CCC(c5cccc(C(N)=O)c5)C4=O)c3)cc2)c1=O. The average molecular weight is 454 g/mol. The summed E-state index contributed by atoms with van der Waals surface area (Å²) in [6, 6.07) is 22.4. The van der Waals surface area contributed by atoms with Crippen molar-refractivity contribution >= 4 is 17.5 Å². The molecule has 2 amide bonds. The van der Waals surface area contributed by atoms with Crippen LogP contribution in [0.25, 0.3) is 16.8 Å². The number of anilines is 1. The first-order valence-corrected chi connectivity index (χ1v) is 10.9. The standard InChI is InChI=1S/C26H23N5O3/c1-29-26(34)31(16-28-29)21-10-8-17(9-11-21)18-4-3-7-22(15-18)30-13-12-23(25(30)33)19-5-2-6-20(14-19)24(27)32/h2-11,14-16,23H,12-13H2,1H3,(H2,27,32). The molecule has 1 aliphatic heterocycles. The molecule has 34 heavy (non-hydrogen) atoms. The topological polar surface area (TPSA) is 103 Å². The molecule has 1 unspecified atom stereocenters. The van der Waals surface area contributed by atoms with E-state index in [1.54, 1.807) is 30.1 Å². The molecule has 2 heterocycles. The molecule has 2 N–H and O–H groups in total. The van der Waals surface area contributed by atoms with Crippen molar-refractivity contribution < 1.29 is 9.59 Å². The van der Waals surface area contributed by atoms with E-state index in [0.29, 0.717) is 18.5 Å². The minimum absolute atomic E-state index is 0.00470. The Labute approximate surface area is 195 Å². The van der Waals surface area contributed by atoms with Gasteiger partial charge in [0.2, 0.25) is 11.8 Å². The Bertz CT molecular complexity index is 1450. The Morgan fingerprint density at radius 3 is 2.41 bits per heavy atom. The fourth-order valence-electron chi connectivity index (χ4n) is 4.38. The Balaban J connectivity index is 1.39. The van der Waals surface area contributed by atoms with E-state index in [-0.39, 0.29) is 17.5 Å². The lowest BCUT2D eigenvalue weighted by Crippen LogP contribution is -2.26. The monoisotopic (exact) mass is 453 g/mol. The minimum atomic E-state index is -0.503. The lowest BCUT2D eigenvalue weighted by molar-refractivity contribution is -0.118. The minimum Gasteiger partial charge on any atom is -0.366 e. The number of aromatic nitrogens is 3. The van der Waals surface area contributed by atoms with E-state index in [2.05, 4.69) is 5.10 Å². The van der Waals surface area contributed by atoms with Gasteiger partial charge in [0.1, 0.15) is 6.33 Å². The second-order valence-electron chi connectivity index (χ2n) is 8.33. The molecule has 5 rings (SSSR count). The zero-order chi connectivity index (χ0) is 23.8. The first-order chi connectivity index (χ1) is 16.4. The first-order valence-electron chi connectivity index (χ1n) is 10.9. The van der Waals surface area contributed by atoms with Gasteiger partial charge in [-0.1, -0.05) is 36.4 Å². The second kappa shape index (κ2) is 8.47. The molecule has 1 fully saturated rings. The van der Waals surface area contributed by atoms with Gasteiger partial charge < -0.3 is 10.6 Å². The van der Waals surface area contributed by atoms with Crippen molar-refractivity contribution in [2.24, 2.45) is 12.8 Å². The van der Waals surface area contributed by atoms with Crippen LogP contribution in [-0.2, 0) is 11.8 Å². The zero-order valence-electron chi connectivity index (χ0n) is 18.6. The van der Waals surface area contributed by atoms with Crippen molar-refractivity contribution in [3.05, 3.63) is 101 Å². The lowest BCUT2D eigenvalue weighted by atomic mass is 9.96. The first kappa shape index (κ1) is 21.4. The number of benzene rings is 3. The van der Waals surface area contributed by atoms with Crippen LogP contribution >= 0.6 is 0 Å². The fourth-order valence-corrected chi connectivity index (χ4v) is 4.38. The molecule has 8 nitrogen and oxygen atoms in total. The normalized spacial score (nSPS) is 15.6. The predicted octanol–water partition coefficient (Wildman–Crippen LogP) is 2.86. The molecule has 0 saturated carbocycles. The third-order valence-electron chi connectivity index (χ3n) is 6.24. The largest absolute Gasteiger partial charge is 0.366 e. The summed E-state index contributed by atoms with van der Waals surface area (Å²) in [4.78, 5) is 38.7. The molecule has 1 aromatic heterocycles. The van der Waals surface area contributed by atoms with Gasteiger partial charge in [-0.2, -0.15) is 5.10 Å². The maximum Gasteiger partial charge on any atom is 0.350 e. The van der Waals surface area contributed by atoms with Crippen LogP contribution in [0.3, 0.4) is 0 Å². The van der Waals surface area contributed by atoms with E-state index >= 15 is 0 Å². The highest BCUT2D eigenvalue weighted by molar-refractivity contribution is 6.01. The number of hydrogen-bond acceptors (Lipinski definition) is 4. The smallest absolute Gasteiger partial charge is 0.350 e. The van der Waals surface area contributed by atoms with E-state index in [1.807, 2.05) is 54.6 Å². The lowest BCUT2D eigenvalue weighted by Gasteiger charge is -2.18. The van der Waals surface area contributed by atoms with E-state index < -0.39 is 5.91 Å². The zero-order valence-corrected chi connectivity index (χ0v) is 18.6. The number of carbonyl (C=O) groups excluding carboxylic acids is 2. The van der Waals surface area contributed by atoms with Gasteiger partial charge in [-0.25, -0.2) is 14.0 Å². The molecule has 170 valence electrons. The van der Waals surface area contributed by atoms with Crippen LogP contribution in [0.4, 0.5) is 5.69 Å². The van der Waals surface area contributed by atoms with Gasteiger partial charge in [-0.3, -0.25) is 9.59 Å². The Hall–Kier alpha value is -4.46. The molecular weight excluding hydrogens is 430 g/mol. The molecule has 3 aromatic carbocycles. The number of amides is 2. The van der Waals surface area contributed by atoms with Crippen molar-refractivity contribution in [2.75, 3.05) is 11.4 Å². The van der Waals surface area contributed by atoms with Gasteiger partial charge in [0.15, 0.2) is 0 Å². The summed E-state index contributed by atoms with van der Waals surface area (Å²) >= 11 is 0. The highest BCUT2D eigenvalue weighted by atomic mass is 16.2. The summed E-state index contributed by atoms with van der Waals surface area (Å²) in [7, 11) is 1.61. The van der Waals surface area contributed by atoms with Crippen LogP contribution in [0.2, 0.25) is 0 Å². The number of nitrogens with zero attached hydrogens (tertiary/aromatic N) is 4. The van der Waals surface area contributed by atoms with E-state index in [9.17, 15) is 14.4 Å². The molecule has 0 radical (unpaired) electrons. The number of hydrogen-bond donors (Lipinski definition) is 1. The van der Waals surface area contributed by atoms with Crippen molar-refractivity contribution in [3.63, 3.8) is 0 Å². The molecule has 1 aliphatic rings. The number of carbonyl (C=O) groups is 2. The maximum absolute atomic E-state index is 13.2. The van der Waals surface area contributed by atoms with E-state index in [1.165, 1.54) is 15.6 Å². The molecule has 1 atom stereocenters. The van der Waals surface area contributed by atoms with Crippen LogP contribution in [0.5, 0.6) is 0 Å². The predicted molar refractivity (Wildman–Crippen MR) is 129 cm³/mol. The number of primary amides is 1. The van der Waals surface area contributed by atoms with Gasteiger partial charge >= 0.3 is 5.69 Å².